The van der Waals surface area contributed by atoms with Gasteiger partial charge in [0.25, 0.3) is 0 Å². The van der Waals surface area contributed by atoms with Crippen LogP contribution in [0.3, 0.4) is 0 Å². The zero-order chi connectivity index (χ0) is 20.2. The lowest BCUT2D eigenvalue weighted by Gasteiger charge is -2.61. The molecule has 2 N–H and O–H groups in total. The van der Waals surface area contributed by atoms with E-state index < -0.39 is 6.10 Å². The first-order valence-corrected chi connectivity index (χ1v) is 11.4. The van der Waals surface area contributed by atoms with Crippen LogP contribution in [-0.2, 0) is 4.74 Å². The predicted molar refractivity (Wildman–Crippen MR) is 106 cm³/mol. The van der Waals surface area contributed by atoms with Crippen LogP contribution in [0.4, 0.5) is 0 Å². The highest BCUT2D eigenvalue weighted by Gasteiger charge is 2.83. The molecule has 5 heteroatoms. The Morgan fingerprint density at radius 3 is 2.62 bits per heavy atom. The lowest BCUT2D eigenvalue weighted by molar-refractivity contribution is -0.143. The number of ether oxygens (including phenoxy) is 1. The van der Waals surface area contributed by atoms with E-state index in [1.54, 1.807) is 6.26 Å². The second-order valence-corrected chi connectivity index (χ2v) is 11.1. The minimum absolute atomic E-state index is 0.0507. The highest BCUT2D eigenvalue weighted by molar-refractivity contribution is 5.38. The van der Waals surface area contributed by atoms with Gasteiger partial charge in [0, 0.05) is 17.4 Å². The molecule has 0 amide bonds. The van der Waals surface area contributed by atoms with Crippen LogP contribution in [0.15, 0.2) is 27.6 Å². The van der Waals surface area contributed by atoms with Gasteiger partial charge in [0.1, 0.15) is 11.7 Å². The van der Waals surface area contributed by atoms with Crippen molar-refractivity contribution in [2.75, 3.05) is 0 Å². The fourth-order valence-electron chi connectivity index (χ4n) is 8.81. The fourth-order valence-corrected chi connectivity index (χ4v) is 8.81. The van der Waals surface area contributed by atoms with Gasteiger partial charge >= 0.3 is 5.63 Å². The van der Waals surface area contributed by atoms with Crippen molar-refractivity contribution in [3.8, 4) is 0 Å². The maximum Gasteiger partial charge on any atom is 0.335 e. The zero-order valence-electron chi connectivity index (χ0n) is 17.3. The molecule has 1 aromatic rings. The second-order valence-electron chi connectivity index (χ2n) is 11.1. The van der Waals surface area contributed by atoms with Crippen molar-refractivity contribution in [2.24, 2.45) is 28.6 Å². The number of hydrogen-bond donors (Lipinski definition) is 2. The molecule has 158 valence electrons. The minimum atomic E-state index is -0.551. The topological polar surface area (TPSA) is 83.2 Å². The van der Waals surface area contributed by atoms with E-state index in [0.29, 0.717) is 17.8 Å². The fraction of sp³-hybridized carbons (Fsp3) is 0.792. The first-order valence-electron chi connectivity index (χ1n) is 11.4. The molecule has 6 rings (SSSR count). The maximum atomic E-state index is 11.5. The van der Waals surface area contributed by atoms with Crippen molar-refractivity contribution < 1.29 is 19.4 Å². The molecule has 5 nitrogen and oxygen atoms in total. The molecule has 0 bridgehead atoms. The maximum absolute atomic E-state index is 11.5. The molecule has 5 unspecified atom stereocenters. The van der Waals surface area contributed by atoms with Gasteiger partial charge in [-0.05, 0) is 79.7 Å². The van der Waals surface area contributed by atoms with Gasteiger partial charge < -0.3 is 19.4 Å². The van der Waals surface area contributed by atoms with Crippen LogP contribution in [-0.4, -0.2) is 34.1 Å². The van der Waals surface area contributed by atoms with Crippen LogP contribution >= 0.6 is 0 Å². The van der Waals surface area contributed by atoms with E-state index in [0.717, 1.165) is 50.5 Å². The summed E-state index contributed by atoms with van der Waals surface area (Å²) < 4.78 is 11.6. The molecule has 10 atom stereocenters. The Labute approximate surface area is 171 Å². The number of hydrogen-bond acceptors (Lipinski definition) is 5. The Morgan fingerprint density at radius 1 is 1.03 bits per heavy atom. The third kappa shape index (κ3) is 2.14. The first-order chi connectivity index (χ1) is 13.8. The van der Waals surface area contributed by atoms with Gasteiger partial charge in [-0.25, -0.2) is 4.79 Å². The molecule has 0 aromatic carbocycles. The Balaban J connectivity index is 1.38. The number of rotatable bonds is 1. The molecular formula is C24H32O5. The summed E-state index contributed by atoms with van der Waals surface area (Å²) in [6.07, 6.45) is 8.19. The standard InChI is InChI=1S/C24H32O5/c1-22-9-7-15(25)11-14(22)4-5-17-16(22)8-10-23(2)19(13-3-6-18(26)28-12-13)20(27)21-24(17,23)29-21/h3,6,12,14-17,19-21,25,27H,4-5,7-11H2,1-2H3/t14-,15+,16?,17?,19?,20-,21-,22?,23?,24-/m1/s1. The van der Waals surface area contributed by atoms with E-state index >= 15 is 0 Å². The number of epoxide rings is 1. The van der Waals surface area contributed by atoms with Crippen molar-refractivity contribution in [3.63, 3.8) is 0 Å². The summed E-state index contributed by atoms with van der Waals surface area (Å²) in [5, 5.41) is 21.5. The SMILES string of the molecule is CC12CC[C@H](O)C[C@H]1CCC1C2CCC2(C)C(c3ccc(=O)oc3)[C@@H](O)[C@H]3O[C@]132. The molecule has 5 aliphatic rings. The lowest BCUT2D eigenvalue weighted by atomic mass is 9.44. The molecule has 4 saturated carbocycles. The molecule has 2 heterocycles. The molecule has 1 aliphatic heterocycles. The third-order valence-electron chi connectivity index (χ3n) is 10.2. The van der Waals surface area contributed by atoms with Gasteiger partial charge in [0.05, 0.1) is 18.5 Å². The summed E-state index contributed by atoms with van der Waals surface area (Å²) in [7, 11) is 0. The molecule has 1 aromatic heterocycles. The van der Waals surface area contributed by atoms with E-state index in [-0.39, 0.29) is 40.2 Å². The van der Waals surface area contributed by atoms with Gasteiger partial charge in [-0.3, -0.25) is 0 Å². The molecule has 4 aliphatic carbocycles. The molecule has 1 spiro atoms. The van der Waals surface area contributed by atoms with Crippen LogP contribution in [0, 0.1) is 28.6 Å². The zero-order valence-corrected chi connectivity index (χ0v) is 17.3. The number of aliphatic hydroxyl groups is 2. The van der Waals surface area contributed by atoms with E-state index in [9.17, 15) is 15.0 Å². The van der Waals surface area contributed by atoms with Crippen LogP contribution in [0.25, 0.3) is 0 Å². The van der Waals surface area contributed by atoms with E-state index in [1.165, 1.54) is 6.07 Å². The quantitative estimate of drug-likeness (QED) is 0.707. The summed E-state index contributed by atoms with van der Waals surface area (Å²) in [6, 6.07) is 3.30. The Kier molecular flexibility index (Phi) is 3.68. The Morgan fingerprint density at radius 2 is 1.86 bits per heavy atom. The average molecular weight is 401 g/mol. The van der Waals surface area contributed by atoms with E-state index in [2.05, 4.69) is 13.8 Å². The Bertz CT molecular complexity index is 875. The largest absolute Gasteiger partial charge is 0.431 e. The highest BCUT2D eigenvalue weighted by atomic mass is 16.6. The van der Waals surface area contributed by atoms with Crippen molar-refractivity contribution >= 4 is 0 Å². The van der Waals surface area contributed by atoms with E-state index in [1.807, 2.05) is 6.07 Å². The number of fused-ring (bicyclic) bond motifs is 3. The van der Waals surface area contributed by atoms with Crippen LogP contribution < -0.4 is 5.63 Å². The summed E-state index contributed by atoms with van der Waals surface area (Å²) in [6.45, 7) is 4.76. The summed E-state index contributed by atoms with van der Waals surface area (Å²) in [5.41, 5.74) is 0.457. The highest BCUT2D eigenvalue weighted by Crippen LogP contribution is 2.77. The Hall–Kier alpha value is -1.17. The molecule has 5 fully saturated rings. The number of aliphatic hydroxyl groups excluding tert-OH is 2. The normalized spacial score (nSPS) is 55.4. The lowest BCUT2D eigenvalue weighted by Crippen LogP contribution is -2.58. The third-order valence-corrected chi connectivity index (χ3v) is 10.2. The first kappa shape index (κ1) is 18.6. The van der Waals surface area contributed by atoms with Crippen molar-refractivity contribution in [1.82, 2.24) is 0 Å². The van der Waals surface area contributed by atoms with Crippen molar-refractivity contribution in [1.29, 1.82) is 0 Å². The van der Waals surface area contributed by atoms with Gasteiger partial charge in [0.2, 0.25) is 0 Å². The average Bonchev–Trinajstić information content (AvgIpc) is 3.40. The summed E-state index contributed by atoms with van der Waals surface area (Å²) in [5.74, 6) is 1.63. The van der Waals surface area contributed by atoms with Crippen LogP contribution in [0.5, 0.6) is 0 Å². The molecule has 29 heavy (non-hydrogen) atoms. The smallest absolute Gasteiger partial charge is 0.335 e. The molecule has 0 radical (unpaired) electrons. The van der Waals surface area contributed by atoms with Crippen LogP contribution in [0.1, 0.15) is 70.3 Å². The van der Waals surface area contributed by atoms with Gasteiger partial charge in [-0.2, -0.15) is 0 Å². The van der Waals surface area contributed by atoms with Crippen molar-refractivity contribution in [2.45, 2.75) is 88.6 Å². The summed E-state index contributed by atoms with van der Waals surface area (Å²) >= 11 is 0. The van der Waals surface area contributed by atoms with Gasteiger partial charge in [-0.1, -0.05) is 13.8 Å². The summed E-state index contributed by atoms with van der Waals surface area (Å²) in [4.78, 5) is 11.5. The molecule has 1 saturated heterocycles. The van der Waals surface area contributed by atoms with Gasteiger partial charge in [0.15, 0.2) is 0 Å². The second kappa shape index (κ2) is 5.74. The predicted octanol–water partition coefficient (Wildman–Crippen LogP) is 3.23. The van der Waals surface area contributed by atoms with E-state index in [4.69, 9.17) is 9.15 Å². The minimum Gasteiger partial charge on any atom is -0.431 e. The van der Waals surface area contributed by atoms with Gasteiger partial charge in [-0.15, -0.1) is 0 Å². The molecular weight excluding hydrogens is 368 g/mol. The van der Waals surface area contributed by atoms with Crippen LogP contribution in [0.2, 0.25) is 0 Å². The monoisotopic (exact) mass is 400 g/mol. The van der Waals surface area contributed by atoms with Crippen molar-refractivity contribution in [3.05, 3.63) is 34.4 Å².